The number of H-pyrrole nitrogens is 1. The van der Waals surface area contributed by atoms with E-state index in [0.29, 0.717) is 24.3 Å². The summed E-state index contributed by atoms with van der Waals surface area (Å²) in [5, 5.41) is 12.7. The summed E-state index contributed by atoms with van der Waals surface area (Å²) in [6, 6.07) is 13.0. The van der Waals surface area contributed by atoms with Gasteiger partial charge in [-0.2, -0.15) is 0 Å². The molecule has 1 atom stereocenters. The molecule has 35 heavy (non-hydrogen) atoms. The summed E-state index contributed by atoms with van der Waals surface area (Å²) >= 11 is 0. The van der Waals surface area contributed by atoms with Crippen molar-refractivity contribution in [1.82, 2.24) is 15.8 Å². The van der Waals surface area contributed by atoms with Crippen LogP contribution < -0.4 is 20.3 Å². The molecule has 0 saturated heterocycles. The molecule has 0 aliphatic rings. The summed E-state index contributed by atoms with van der Waals surface area (Å²) in [4.78, 5) is 27.1. The molecule has 9 nitrogen and oxygen atoms in total. The molecule has 0 bridgehead atoms. The highest BCUT2D eigenvalue weighted by atomic mass is 16.6. The molecule has 188 valence electrons. The molecule has 0 saturated carbocycles. The van der Waals surface area contributed by atoms with Crippen molar-refractivity contribution in [3.05, 3.63) is 59.8 Å². The van der Waals surface area contributed by atoms with Crippen molar-refractivity contribution >= 4 is 22.9 Å². The molecule has 1 aromatic heterocycles. The van der Waals surface area contributed by atoms with Crippen molar-refractivity contribution in [2.24, 2.45) is 0 Å². The van der Waals surface area contributed by atoms with Crippen LogP contribution in [0.5, 0.6) is 11.5 Å². The number of rotatable bonds is 10. The summed E-state index contributed by atoms with van der Waals surface area (Å²) in [5.41, 5.74) is 3.93. The fourth-order valence-electron chi connectivity index (χ4n) is 3.68. The minimum Gasteiger partial charge on any atom is -0.493 e. The maximum absolute atomic E-state index is 12.5. The van der Waals surface area contributed by atoms with Crippen LogP contribution in [0.15, 0.2) is 48.7 Å². The Balaban J connectivity index is 1.74. The first kappa shape index (κ1) is 25.9. The Morgan fingerprint density at radius 3 is 2.60 bits per heavy atom. The topological polar surface area (TPSA) is 122 Å². The number of nitrogens with one attached hydrogen (secondary N) is 3. The third kappa shape index (κ3) is 7.65. The second kappa shape index (κ2) is 11.6. The van der Waals surface area contributed by atoms with Crippen molar-refractivity contribution in [3.8, 4) is 11.5 Å². The lowest BCUT2D eigenvalue weighted by atomic mass is 10.1. The highest BCUT2D eigenvalue weighted by Crippen LogP contribution is 2.29. The number of methoxy groups -OCH3 is 1. The third-order valence-electron chi connectivity index (χ3n) is 5.30. The predicted molar refractivity (Wildman–Crippen MR) is 132 cm³/mol. The van der Waals surface area contributed by atoms with Gasteiger partial charge in [0.25, 0.3) is 0 Å². The van der Waals surface area contributed by atoms with Gasteiger partial charge < -0.3 is 24.5 Å². The first-order chi connectivity index (χ1) is 16.7. The summed E-state index contributed by atoms with van der Waals surface area (Å²) in [6.07, 6.45) is 2.53. The predicted octanol–water partition coefficient (Wildman–Crippen LogP) is 4.13. The highest BCUT2D eigenvalue weighted by molar-refractivity contribution is 5.83. The molecular weight excluding hydrogens is 450 g/mol. The molecule has 3 rings (SSSR count). The lowest BCUT2D eigenvalue weighted by molar-refractivity contribution is -0.129. The maximum Gasteiger partial charge on any atom is 0.408 e. The van der Waals surface area contributed by atoms with Gasteiger partial charge in [0.2, 0.25) is 5.91 Å². The van der Waals surface area contributed by atoms with E-state index in [2.05, 4.69) is 10.3 Å². The zero-order chi connectivity index (χ0) is 25.4. The molecule has 0 aliphatic heterocycles. The quantitative estimate of drug-likeness (QED) is 0.254. The van der Waals surface area contributed by atoms with E-state index in [0.717, 1.165) is 22.0 Å². The van der Waals surface area contributed by atoms with E-state index < -0.39 is 17.6 Å². The molecule has 0 unspecified atom stereocenters. The fourth-order valence-corrected chi connectivity index (χ4v) is 3.68. The molecule has 4 N–H and O–H groups in total. The van der Waals surface area contributed by atoms with Crippen LogP contribution in [0, 0.1) is 0 Å². The van der Waals surface area contributed by atoms with Crippen LogP contribution in [0.4, 0.5) is 4.79 Å². The van der Waals surface area contributed by atoms with Gasteiger partial charge in [0.15, 0.2) is 11.5 Å². The average molecular weight is 484 g/mol. The molecule has 0 spiro atoms. The number of aromatic amines is 1. The van der Waals surface area contributed by atoms with Gasteiger partial charge in [-0.15, -0.1) is 0 Å². The van der Waals surface area contributed by atoms with E-state index in [1.165, 1.54) is 7.11 Å². The summed E-state index contributed by atoms with van der Waals surface area (Å²) in [5.74, 6) is 0.561. The second-order valence-corrected chi connectivity index (χ2v) is 9.24. The number of para-hydroxylation sites is 1. The van der Waals surface area contributed by atoms with Gasteiger partial charge in [-0.3, -0.25) is 10.0 Å². The van der Waals surface area contributed by atoms with Crippen LogP contribution in [-0.2, 0) is 22.4 Å². The van der Waals surface area contributed by atoms with E-state index in [-0.39, 0.29) is 19.1 Å². The monoisotopic (exact) mass is 483 g/mol. The van der Waals surface area contributed by atoms with Crippen LogP contribution in [0.2, 0.25) is 0 Å². The molecule has 0 aliphatic carbocycles. The first-order valence-electron chi connectivity index (χ1n) is 11.5. The van der Waals surface area contributed by atoms with Crippen LogP contribution >= 0.6 is 0 Å². The number of aromatic nitrogens is 1. The SMILES string of the molecule is COc1cc(CCC(=O)NO)ccc1OC[C@H](Cc1c[nH]c2ccccc12)NC(=O)OC(C)(C)C. The Hall–Kier alpha value is -3.72. The van der Waals surface area contributed by atoms with Crippen molar-refractivity contribution in [1.29, 1.82) is 0 Å². The Labute approximate surface area is 204 Å². The second-order valence-electron chi connectivity index (χ2n) is 9.24. The number of hydrogen-bond donors (Lipinski definition) is 4. The number of benzene rings is 2. The number of carbonyl (C=O) groups is 2. The minimum atomic E-state index is -0.623. The van der Waals surface area contributed by atoms with E-state index in [1.54, 1.807) is 17.6 Å². The average Bonchev–Trinajstić information content (AvgIpc) is 3.22. The number of aryl methyl sites for hydroxylation is 1. The van der Waals surface area contributed by atoms with Crippen molar-refractivity contribution < 1.29 is 29.0 Å². The summed E-state index contributed by atoms with van der Waals surface area (Å²) in [7, 11) is 1.54. The van der Waals surface area contributed by atoms with Crippen molar-refractivity contribution in [3.63, 3.8) is 0 Å². The van der Waals surface area contributed by atoms with Gasteiger partial charge >= 0.3 is 6.09 Å². The van der Waals surface area contributed by atoms with Crippen LogP contribution in [0.25, 0.3) is 10.9 Å². The zero-order valence-corrected chi connectivity index (χ0v) is 20.5. The lowest BCUT2D eigenvalue weighted by Gasteiger charge is -2.24. The van der Waals surface area contributed by atoms with Gasteiger partial charge in [0.1, 0.15) is 12.2 Å². The van der Waals surface area contributed by atoms with Crippen molar-refractivity contribution in [2.45, 2.75) is 51.7 Å². The number of carbonyl (C=O) groups excluding carboxylic acids is 2. The number of amides is 2. The summed E-state index contributed by atoms with van der Waals surface area (Å²) < 4.78 is 17.0. The van der Waals surface area contributed by atoms with Crippen LogP contribution in [0.1, 0.15) is 38.3 Å². The largest absolute Gasteiger partial charge is 0.493 e. The Morgan fingerprint density at radius 2 is 1.89 bits per heavy atom. The van der Waals surface area contributed by atoms with E-state index >= 15 is 0 Å². The normalized spacial score (nSPS) is 12.1. The molecule has 2 aromatic carbocycles. The number of hydroxylamine groups is 1. The number of ether oxygens (including phenoxy) is 3. The Kier molecular flexibility index (Phi) is 8.59. The number of hydrogen-bond acceptors (Lipinski definition) is 6. The molecule has 0 radical (unpaired) electrons. The molecule has 9 heteroatoms. The van der Waals surface area contributed by atoms with Gasteiger partial charge in [-0.05, 0) is 62.9 Å². The molecule has 0 fully saturated rings. The lowest BCUT2D eigenvalue weighted by Crippen LogP contribution is -2.43. The third-order valence-corrected chi connectivity index (χ3v) is 5.30. The molecular formula is C26H33N3O6. The highest BCUT2D eigenvalue weighted by Gasteiger charge is 2.22. The fraction of sp³-hybridized carbons (Fsp3) is 0.385. The number of fused-ring (bicyclic) bond motifs is 1. The maximum atomic E-state index is 12.5. The minimum absolute atomic E-state index is 0.145. The van der Waals surface area contributed by atoms with Gasteiger partial charge in [-0.1, -0.05) is 24.3 Å². The Bertz CT molecular complexity index is 1150. The van der Waals surface area contributed by atoms with Crippen molar-refractivity contribution in [2.75, 3.05) is 13.7 Å². The summed E-state index contributed by atoms with van der Waals surface area (Å²) in [6.45, 7) is 5.62. The van der Waals surface area contributed by atoms with E-state index in [9.17, 15) is 9.59 Å². The smallest absolute Gasteiger partial charge is 0.408 e. The molecule has 2 amide bonds. The Morgan fingerprint density at radius 1 is 1.11 bits per heavy atom. The zero-order valence-electron chi connectivity index (χ0n) is 20.5. The van der Waals surface area contributed by atoms with Crippen LogP contribution in [-0.4, -0.2) is 47.6 Å². The molecule has 3 aromatic rings. The van der Waals surface area contributed by atoms with Gasteiger partial charge in [-0.25, -0.2) is 10.3 Å². The van der Waals surface area contributed by atoms with E-state index in [1.807, 2.05) is 57.3 Å². The van der Waals surface area contributed by atoms with Gasteiger partial charge in [0.05, 0.1) is 13.2 Å². The van der Waals surface area contributed by atoms with Gasteiger partial charge in [0, 0.05) is 23.5 Å². The molecule has 1 heterocycles. The number of alkyl carbamates (subject to hydrolysis) is 1. The standard InChI is InChI=1S/C26H33N3O6/c1-26(2,3)35-25(31)28-19(14-18-15-27-21-8-6-5-7-20(18)21)16-34-22-11-9-17(13-23(22)33-4)10-12-24(30)29-32/h5-9,11,13,15,19,27,32H,10,12,14,16H2,1-4H3,(H,28,31)(H,29,30)/t19-/m0/s1. The van der Waals surface area contributed by atoms with Crippen LogP contribution in [0.3, 0.4) is 0 Å². The first-order valence-corrected chi connectivity index (χ1v) is 11.5. The van der Waals surface area contributed by atoms with E-state index in [4.69, 9.17) is 19.4 Å².